The van der Waals surface area contributed by atoms with E-state index >= 15 is 0 Å². The zero-order valence-electron chi connectivity index (χ0n) is 24.6. The van der Waals surface area contributed by atoms with Gasteiger partial charge in [0.1, 0.15) is 5.82 Å². The fourth-order valence-electron chi connectivity index (χ4n) is 3.76. The molecule has 39 heavy (non-hydrogen) atoms. The predicted molar refractivity (Wildman–Crippen MR) is 166 cm³/mol. The third kappa shape index (κ3) is 8.83. The molecule has 0 radical (unpaired) electrons. The lowest BCUT2D eigenvalue weighted by atomic mass is 10.0. The number of carbonyl (C=O) groups is 1. The highest BCUT2D eigenvalue weighted by atomic mass is 32.2. The Morgan fingerprint density at radius 3 is 2.44 bits per heavy atom. The Bertz CT molecular complexity index is 1230. The molecule has 0 aliphatic rings. The summed E-state index contributed by atoms with van der Waals surface area (Å²) in [7, 11) is 1.69. The largest absolute Gasteiger partial charge is 0.383 e. The van der Waals surface area contributed by atoms with E-state index in [4.69, 9.17) is 4.74 Å². The second kappa shape index (κ2) is 16.6. The number of aryl methyl sites for hydroxylation is 1. The molecule has 0 aliphatic heterocycles. The van der Waals surface area contributed by atoms with Gasteiger partial charge in [0, 0.05) is 37.2 Å². The summed E-state index contributed by atoms with van der Waals surface area (Å²) in [4.78, 5) is 17.9. The lowest BCUT2D eigenvalue weighted by Gasteiger charge is -2.20. The van der Waals surface area contributed by atoms with Crippen LogP contribution in [0.15, 0.2) is 60.4 Å². The maximum absolute atomic E-state index is 13.3. The van der Waals surface area contributed by atoms with Crippen LogP contribution in [0, 0.1) is 6.92 Å². The van der Waals surface area contributed by atoms with Gasteiger partial charge < -0.3 is 10.1 Å². The van der Waals surface area contributed by atoms with Gasteiger partial charge in [0.25, 0.3) is 5.91 Å². The van der Waals surface area contributed by atoms with Crippen LogP contribution in [0.2, 0.25) is 0 Å². The number of nitrogens with one attached hydrogen (secondary N) is 1. The molecule has 0 atom stereocenters. The molecule has 0 aliphatic carbocycles. The topological polar surface area (TPSA) is 72.3 Å². The monoisotopic (exact) mass is 549 g/mol. The Hall–Kier alpha value is -3.36. The molecule has 0 unspecified atom stereocenters. The van der Waals surface area contributed by atoms with E-state index in [1.54, 1.807) is 31.5 Å². The lowest BCUT2D eigenvalue weighted by Crippen LogP contribution is -2.24. The Labute approximate surface area is 238 Å². The average Bonchev–Trinajstić information content (AvgIpc) is 3.37. The number of aromatic nitrogens is 3. The van der Waals surface area contributed by atoms with E-state index in [0.29, 0.717) is 18.7 Å². The molecule has 1 N–H and O–H groups in total. The molecular formula is C31H43N5O2S. The number of rotatable bonds is 12. The lowest BCUT2D eigenvalue weighted by molar-refractivity contribution is -0.115. The molecule has 7 nitrogen and oxygen atoms in total. The summed E-state index contributed by atoms with van der Waals surface area (Å²) >= 11 is 1.60. The zero-order chi connectivity index (χ0) is 28.8. The maximum atomic E-state index is 13.3. The van der Waals surface area contributed by atoms with E-state index in [1.807, 2.05) is 62.1 Å². The Morgan fingerprint density at radius 1 is 1.15 bits per heavy atom. The Kier molecular flexibility index (Phi) is 13.5. The first-order valence-electron chi connectivity index (χ1n) is 13.4. The van der Waals surface area contributed by atoms with Crippen molar-refractivity contribution in [1.82, 2.24) is 20.1 Å². The number of amides is 1. The minimum Gasteiger partial charge on any atom is -0.383 e. The number of methoxy groups -OCH3 is 1. The number of allylic oxidation sites excluding steroid dienone is 2. The van der Waals surface area contributed by atoms with Gasteiger partial charge in [-0.25, -0.2) is 9.67 Å². The molecule has 3 aromatic rings. The summed E-state index contributed by atoms with van der Waals surface area (Å²) in [5.74, 6) is 0.713. The fraction of sp³-hybridized carbons (Fsp3) is 0.387. The molecule has 8 heteroatoms. The highest BCUT2D eigenvalue weighted by Gasteiger charge is 2.19. The number of anilines is 1. The van der Waals surface area contributed by atoms with Crippen molar-refractivity contribution in [2.75, 3.05) is 30.8 Å². The van der Waals surface area contributed by atoms with Gasteiger partial charge >= 0.3 is 0 Å². The van der Waals surface area contributed by atoms with Crippen LogP contribution < -0.4 is 9.62 Å². The molecule has 0 saturated heterocycles. The van der Waals surface area contributed by atoms with Crippen LogP contribution in [0.3, 0.4) is 0 Å². The van der Waals surface area contributed by atoms with E-state index in [9.17, 15) is 4.79 Å². The van der Waals surface area contributed by atoms with Crippen molar-refractivity contribution < 1.29 is 9.53 Å². The number of benzene rings is 1. The van der Waals surface area contributed by atoms with E-state index in [-0.39, 0.29) is 5.91 Å². The number of nitrogens with zero attached hydrogens (tertiary/aromatic N) is 4. The third-order valence-electron chi connectivity index (χ3n) is 6.09. The molecule has 2 heterocycles. The van der Waals surface area contributed by atoms with Crippen LogP contribution in [0.4, 0.5) is 5.82 Å². The number of pyridine rings is 1. The standard InChI is InChI=1S/C29H37N5O2S.C2H6/c1-7-21(3)17-27-26(20-32-34(27)24-12-9-22(4)10-13-24)25(8-2)29(35)31-19-23-11-14-28(30-18-23)33(37-6)15-16-36-5;1-2/h8-14,17-18,20H,7,15-16,19H2,1-6H3,(H,31,35);1-2H3/b21-17+,25-8+;. The van der Waals surface area contributed by atoms with Gasteiger partial charge in [-0.3, -0.25) is 9.10 Å². The first kappa shape index (κ1) is 31.9. The smallest absolute Gasteiger partial charge is 0.251 e. The van der Waals surface area contributed by atoms with Crippen molar-refractivity contribution in [1.29, 1.82) is 0 Å². The average molecular weight is 550 g/mol. The minimum absolute atomic E-state index is 0.148. The normalized spacial score (nSPS) is 11.6. The van der Waals surface area contributed by atoms with Gasteiger partial charge in [-0.15, -0.1) is 0 Å². The molecule has 0 fully saturated rings. The summed E-state index contributed by atoms with van der Waals surface area (Å²) in [6, 6.07) is 12.2. The van der Waals surface area contributed by atoms with Crippen molar-refractivity contribution in [3.8, 4) is 5.69 Å². The van der Waals surface area contributed by atoms with Crippen molar-refractivity contribution in [3.63, 3.8) is 0 Å². The van der Waals surface area contributed by atoms with E-state index in [0.717, 1.165) is 41.3 Å². The summed E-state index contributed by atoms with van der Waals surface area (Å²) in [6.07, 6.45) is 10.5. The molecule has 0 spiro atoms. The SMILES string of the molecule is C/C=C(/C(=O)NCc1ccc(N(CCOC)SC)nc1)c1cnn(-c2ccc(C)cc2)c1/C=C(\C)CC.CC. The first-order valence-corrected chi connectivity index (χ1v) is 14.6. The third-order valence-corrected chi connectivity index (χ3v) is 6.90. The molecular weight excluding hydrogens is 506 g/mol. The van der Waals surface area contributed by atoms with Crippen molar-refractivity contribution in [3.05, 3.63) is 82.8 Å². The zero-order valence-corrected chi connectivity index (χ0v) is 25.4. The van der Waals surface area contributed by atoms with Crippen LogP contribution in [-0.2, 0) is 16.1 Å². The summed E-state index contributed by atoms with van der Waals surface area (Å²) < 4.78 is 9.15. The number of hydrogen-bond acceptors (Lipinski definition) is 6. The quantitative estimate of drug-likeness (QED) is 0.196. The van der Waals surface area contributed by atoms with Crippen LogP contribution in [0.5, 0.6) is 0 Å². The predicted octanol–water partition coefficient (Wildman–Crippen LogP) is 6.87. The van der Waals surface area contributed by atoms with E-state index in [1.165, 1.54) is 11.1 Å². The second-order valence-electron chi connectivity index (χ2n) is 8.72. The van der Waals surface area contributed by atoms with Gasteiger partial charge in [0.15, 0.2) is 0 Å². The highest BCUT2D eigenvalue weighted by Crippen LogP contribution is 2.26. The van der Waals surface area contributed by atoms with Gasteiger partial charge in [-0.1, -0.05) is 68.1 Å². The van der Waals surface area contributed by atoms with E-state index in [2.05, 4.69) is 58.7 Å². The molecule has 0 bridgehead atoms. The Morgan fingerprint density at radius 2 is 1.87 bits per heavy atom. The molecule has 210 valence electrons. The van der Waals surface area contributed by atoms with E-state index < -0.39 is 0 Å². The van der Waals surface area contributed by atoms with Gasteiger partial charge in [-0.2, -0.15) is 5.10 Å². The van der Waals surface area contributed by atoms with Crippen molar-refractivity contribution in [2.24, 2.45) is 0 Å². The first-order chi connectivity index (χ1) is 18.9. The maximum Gasteiger partial charge on any atom is 0.251 e. The summed E-state index contributed by atoms with van der Waals surface area (Å²) in [5.41, 5.74) is 6.57. The van der Waals surface area contributed by atoms with Crippen LogP contribution in [0.25, 0.3) is 17.3 Å². The number of hydrogen-bond donors (Lipinski definition) is 1. The molecule has 3 rings (SSSR count). The van der Waals surface area contributed by atoms with Gasteiger partial charge in [-0.05, 0) is 57.0 Å². The second-order valence-corrected chi connectivity index (χ2v) is 9.53. The fourth-order valence-corrected chi connectivity index (χ4v) is 4.31. The summed E-state index contributed by atoms with van der Waals surface area (Å²) in [5, 5.41) is 7.71. The molecule has 1 aromatic carbocycles. The molecule has 0 saturated carbocycles. The molecule has 1 amide bonds. The van der Waals surface area contributed by atoms with Crippen molar-refractivity contribution >= 4 is 35.3 Å². The van der Waals surface area contributed by atoms with Crippen LogP contribution >= 0.6 is 11.9 Å². The van der Waals surface area contributed by atoms with Crippen LogP contribution in [0.1, 0.15) is 63.4 Å². The number of ether oxygens (including phenoxy) is 1. The Balaban J connectivity index is 0.00000260. The highest BCUT2D eigenvalue weighted by molar-refractivity contribution is 7.99. The van der Waals surface area contributed by atoms with Gasteiger partial charge in [0.05, 0.1) is 30.7 Å². The summed E-state index contributed by atoms with van der Waals surface area (Å²) in [6.45, 7) is 13.9. The van der Waals surface area contributed by atoms with Crippen LogP contribution in [-0.4, -0.2) is 47.2 Å². The van der Waals surface area contributed by atoms with Gasteiger partial charge in [0.2, 0.25) is 0 Å². The number of carbonyl (C=O) groups excluding carboxylic acids is 1. The van der Waals surface area contributed by atoms with Crippen molar-refractivity contribution in [2.45, 2.75) is 54.5 Å². The minimum atomic E-state index is -0.148. The molecule has 2 aromatic heterocycles.